The number of hydrogen-bond acceptors (Lipinski definition) is 7. The van der Waals surface area contributed by atoms with E-state index in [1.54, 1.807) is 0 Å². The second-order valence-corrected chi connectivity index (χ2v) is 14.8. The van der Waals surface area contributed by atoms with Crippen molar-refractivity contribution in [3.63, 3.8) is 0 Å². The molecule has 2 N–H and O–H groups in total. The average Bonchev–Trinajstić information content (AvgIpc) is 3.97. The molecule has 0 aromatic heterocycles. The Bertz CT molecular complexity index is 1700. The summed E-state index contributed by atoms with van der Waals surface area (Å²) in [6.07, 6.45) is 0.511. The van der Waals surface area contributed by atoms with E-state index in [0.29, 0.717) is 17.4 Å². The molecular weight excluding hydrogens is 685 g/mol. The van der Waals surface area contributed by atoms with Crippen LogP contribution in [0.15, 0.2) is 72.8 Å². The predicted molar refractivity (Wildman–Crippen MR) is 193 cm³/mol. The molecule has 3 aromatic rings. The lowest BCUT2D eigenvalue weighted by molar-refractivity contribution is -0.253. The van der Waals surface area contributed by atoms with Gasteiger partial charge in [-0.2, -0.15) is 13.2 Å². The van der Waals surface area contributed by atoms with Crippen molar-refractivity contribution in [3.05, 3.63) is 95.1 Å². The third kappa shape index (κ3) is 9.12. The van der Waals surface area contributed by atoms with Crippen molar-refractivity contribution in [2.45, 2.75) is 94.9 Å². The van der Waals surface area contributed by atoms with Gasteiger partial charge in [-0.3, -0.25) is 14.5 Å². The van der Waals surface area contributed by atoms with Crippen LogP contribution in [0.3, 0.4) is 0 Å². The van der Waals surface area contributed by atoms with Crippen LogP contribution in [-0.2, 0) is 32.2 Å². The molecule has 5 atom stereocenters. The molecule has 4 saturated heterocycles. The van der Waals surface area contributed by atoms with Gasteiger partial charge in [-0.1, -0.05) is 66.7 Å². The number of carbonyl (C=O) groups is 2. The Labute approximate surface area is 309 Å². The van der Waals surface area contributed by atoms with Gasteiger partial charge in [0.05, 0.1) is 18.8 Å². The van der Waals surface area contributed by atoms with Crippen LogP contribution >= 0.6 is 0 Å². The van der Waals surface area contributed by atoms with Crippen LogP contribution in [0.4, 0.5) is 13.2 Å². The van der Waals surface area contributed by atoms with Crippen molar-refractivity contribution in [3.8, 4) is 11.1 Å². The van der Waals surface area contributed by atoms with E-state index in [2.05, 4.69) is 15.1 Å². The zero-order valence-electron chi connectivity index (χ0n) is 30.0. The van der Waals surface area contributed by atoms with E-state index in [9.17, 15) is 27.9 Å². The number of benzene rings is 3. The minimum Gasteiger partial charge on any atom is -0.392 e. The topological polar surface area (TPSA) is 94.6 Å². The number of amides is 2. The molecular formula is C41H49F3N4O5. The van der Waals surface area contributed by atoms with Gasteiger partial charge in [0, 0.05) is 44.2 Å². The number of hydrogen-bond donors (Lipinski definition) is 2. The summed E-state index contributed by atoms with van der Waals surface area (Å²) < 4.78 is 52.5. The first-order chi connectivity index (χ1) is 25.6. The standard InChI is InChI=1S/C41H49F3N4O5/c42-41(43,44)40(51)48-21-5-9-36(48)38(50)45-24-29-6-3-7-33(22-29)30-14-16-32(17-15-30)39-52-35(23-37(53-39)31-12-10-28(27-49)11-13-31)26-47-20-4-8-34(47)25-46-18-1-2-19-46/h3,6-7,10-17,22,34-37,39,49H,1-2,4-5,8-9,18-21,23-27H2,(H,45,50). The van der Waals surface area contributed by atoms with E-state index < -0.39 is 30.3 Å². The highest BCUT2D eigenvalue weighted by atomic mass is 19.4. The van der Waals surface area contributed by atoms with Gasteiger partial charge in [0.2, 0.25) is 5.91 Å². The molecule has 2 amide bonds. The lowest BCUT2D eigenvalue weighted by Gasteiger charge is -2.39. The fraction of sp³-hybridized carbons (Fsp3) is 0.512. The molecule has 53 heavy (non-hydrogen) atoms. The van der Waals surface area contributed by atoms with E-state index in [1.807, 2.05) is 72.8 Å². The number of ether oxygens (including phenoxy) is 2. The maximum atomic E-state index is 13.1. The van der Waals surface area contributed by atoms with E-state index in [-0.39, 0.29) is 38.3 Å². The fourth-order valence-electron chi connectivity index (χ4n) is 8.35. The number of carbonyl (C=O) groups excluding carboxylic acids is 2. The molecule has 7 rings (SSSR count). The Balaban J connectivity index is 1.02. The Morgan fingerprint density at radius 1 is 0.792 bits per heavy atom. The zero-order valence-corrected chi connectivity index (χ0v) is 30.0. The zero-order chi connectivity index (χ0) is 37.0. The first kappa shape index (κ1) is 37.5. The molecule has 3 aromatic carbocycles. The summed E-state index contributed by atoms with van der Waals surface area (Å²) >= 11 is 0. The van der Waals surface area contributed by atoms with Crippen LogP contribution in [0.1, 0.15) is 79.6 Å². The first-order valence-corrected chi connectivity index (χ1v) is 19.0. The summed E-state index contributed by atoms with van der Waals surface area (Å²) in [5.41, 5.74) is 5.47. The number of alkyl halides is 3. The van der Waals surface area contributed by atoms with Crippen molar-refractivity contribution in [2.75, 3.05) is 39.3 Å². The highest BCUT2D eigenvalue weighted by Gasteiger charge is 2.47. The number of aliphatic hydroxyl groups excluding tert-OH is 1. The fourth-order valence-corrected chi connectivity index (χ4v) is 8.35. The monoisotopic (exact) mass is 734 g/mol. The van der Waals surface area contributed by atoms with Crippen molar-refractivity contribution >= 4 is 11.8 Å². The maximum Gasteiger partial charge on any atom is 0.471 e. The van der Waals surface area contributed by atoms with E-state index in [1.165, 1.54) is 38.8 Å². The second-order valence-electron chi connectivity index (χ2n) is 14.8. The molecule has 12 heteroatoms. The van der Waals surface area contributed by atoms with E-state index >= 15 is 0 Å². The van der Waals surface area contributed by atoms with Crippen LogP contribution < -0.4 is 5.32 Å². The summed E-state index contributed by atoms with van der Waals surface area (Å²) in [6.45, 7) is 5.46. The molecule has 5 unspecified atom stereocenters. The largest absolute Gasteiger partial charge is 0.471 e. The minimum atomic E-state index is -5.01. The second kappa shape index (κ2) is 16.7. The number of rotatable bonds is 11. The summed E-state index contributed by atoms with van der Waals surface area (Å²) in [6, 6.07) is 23.0. The van der Waals surface area contributed by atoms with Gasteiger partial charge in [0.25, 0.3) is 0 Å². The minimum absolute atomic E-state index is 0.00976. The van der Waals surface area contributed by atoms with Crippen molar-refractivity contribution in [1.82, 2.24) is 20.0 Å². The molecule has 0 radical (unpaired) electrons. The molecule has 0 bridgehead atoms. The highest BCUT2D eigenvalue weighted by Crippen LogP contribution is 2.39. The smallest absolute Gasteiger partial charge is 0.392 e. The number of aliphatic hydroxyl groups is 1. The third-order valence-electron chi connectivity index (χ3n) is 11.2. The normalized spacial score (nSPS) is 25.6. The third-order valence-corrected chi connectivity index (χ3v) is 11.2. The Morgan fingerprint density at radius 3 is 2.26 bits per heavy atom. The van der Waals surface area contributed by atoms with Crippen LogP contribution in [-0.4, -0.2) is 95.3 Å². The van der Waals surface area contributed by atoms with Crippen LogP contribution in [0, 0.1) is 0 Å². The number of nitrogens with one attached hydrogen (secondary N) is 1. The van der Waals surface area contributed by atoms with Gasteiger partial charge in [-0.05, 0) is 92.0 Å². The van der Waals surface area contributed by atoms with Gasteiger partial charge < -0.3 is 29.7 Å². The summed E-state index contributed by atoms with van der Waals surface area (Å²) in [4.78, 5) is 30.5. The summed E-state index contributed by atoms with van der Waals surface area (Å²) in [5, 5.41) is 12.3. The molecule has 284 valence electrons. The molecule has 0 saturated carbocycles. The number of halogens is 3. The van der Waals surface area contributed by atoms with Gasteiger partial charge in [0.15, 0.2) is 6.29 Å². The van der Waals surface area contributed by atoms with Crippen molar-refractivity contribution in [1.29, 1.82) is 0 Å². The highest BCUT2D eigenvalue weighted by molar-refractivity contribution is 5.90. The Kier molecular flexibility index (Phi) is 11.8. The van der Waals surface area contributed by atoms with E-state index in [4.69, 9.17) is 9.47 Å². The van der Waals surface area contributed by atoms with Gasteiger partial charge in [0.1, 0.15) is 6.04 Å². The maximum absolute atomic E-state index is 13.1. The SMILES string of the molecule is O=C(NCc1cccc(-c2ccc(C3OC(CN4CCCC4CN4CCCC4)CC(c4ccc(CO)cc4)O3)cc2)c1)C1CCCN1C(=O)C(F)(F)F. The quantitative estimate of drug-likeness (QED) is 0.245. The first-order valence-electron chi connectivity index (χ1n) is 19.0. The number of nitrogens with zero attached hydrogens (tertiary/aromatic N) is 3. The van der Waals surface area contributed by atoms with Gasteiger partial charge >= 0.3 is 12.1 Å². The van der Waals surface area contributed by atoms with Gasteiger partial charge in [-0.15, -0.1) is 0 Å². The molecule has 0 spiro atoms. The molecule has 9 nitrogen and oxygen atoms in total. The lowest BCUT2D eigenvalue weighted by atomic mass is 9.98. The molecule has 4 fully saturated rings. The molecule has 4 heterocycles. The van der Waals surface area contributed by atoms with Crippen molar-refractivity contribution in [2.24, 2.45) is 0 Å². The summed E-state index contributed by atoms with van der Waals surface area (Å²) in [7, 11) is 0. The predicted octanol–water partition coefficient (Wildman–Crippen LogP) is 6.12. The van der Waals surface area contributed by atoms with Crippen LogP contribution in [0.5, 0.6) is 0 Å². The average molecular weight is 735 g/mol. The Hall–Kier alpha value is -3.81. The van der Waals surface area contributed by atoms with Crippen LogP contribution in [0.25, 0.3) is 11.1 Å². The molecule has 0 aliphatic carbocycles. The molecule has 4 aliphatic heterocycles. The Morgan fingerprint density at radius 2 is 1.53 bits per heavy atom. The van der Waals surface area contributed by atoms with Crippen molar-refractivity contribution < 1.29 is 37.3 Å². The van der Waals surface area contributed by atoms with E-state index in [0.717, 1.165) is 59.4 Å². The van der Waals surface area contributed by atoms with Gasteiger partial charge in [-0.25, -0.2) is 0 Å². The molecule has 4 aliphatic rings. The lowest BCUT2D eigenvalue weighted by Crippen LogP contribution is -2.50. The number of likely N-dealkylation sites (tertiary alicyclic amines) is 3. The summed E-state index contributed by atoms with van der Waals surface area (Å²) in [5.74, 6) is -2.56. The van der Waals surface area contributed by atoms with Crippen LogP contribution in [0.2, 0.25) is 0 Å².